The van der Waals surface area contributed by atoms with Gasteiger partial charge in [-0.05, 0) is 30.6 Å². The molecule has 0 aliphatic carbocycles. The summed E-state index contributed by atoms with van der Waals surface area (Å²) in [4.78, 5) is 11.8. The smallest absolute Gasteiger partial charge is 0.236 e. The number of hydrogen-bond donors (Lipinski definition) is 3. The lowest BCUT2D eigenvalue weighted by molar-refractivity contribution is -0.122. The molecule has 0 spiro atoms. The highest BCUT2D eigenvalue weighted by Gasteiger charge is 2.12. The summed E-state index contributed by atoms with van der Waals surface area (Å²) in [6.45, 7) is 0.859. The molecular weight excluding hydrogens is 272 g/mol. The first-order chi connectivity index (χ1) is 9.74. The third kappa shape index (κ3) is 7.53. The van der Waals surface area contributed by atoms with Gasteiger partial charge in [0.1, 0.15) is 0 Å². The van der Waals surface area contributed by atoms with E-state index in [9.17, 15) is 4.79 Å². The Morgan fingerprint density at radius 1 is 1.30 bits per heavy atom. The highest BCUT2D eigenvalue weighted by molar-refractivity contribution is 7.99. The van der Waals surface area contributed by atoms with Crippen molar-refractivity contribution in [2.75, 3.05) is 24.7 Å². The Hall–Kier alpha value is -1.04. The standard InChI is InChI=1S/C15H24N2O2S/c16-14(8-7-13-5-2-1-3-6-13)15(19)17-9-12-20-11-4-10-18/h1-3,5-6,14,18H,4,7-12,16H2,(H,17,19). The molecule has 0 saturated carbocycles. The monoisotopic (exact) mass is 296 g/mol. The lowest BCUT2D eigenvalue weighted by Crippen LogP contribution is -2.41. The van der Waals surface area contributed by atoms with E-state index in [1.165, 1.54) is 5.56 Å². The lowest BCUT2D eigenvalue weighted by atomic mass is 10.1. The summed E-state index contributed by atoms with van der Waals surface area (Å²) in [5.74, 6) is 1.70. The van der Waals surface area contributed by atoms with E-state index in [4.69, 9.17) is 10.8 Å². The molecule has 112 valence electrons. The van der Waals surface area contributed by atoms with Gasteiger partial charge in [0, 0.05) is 18.9 Å². The van der Waals surface area contributed by atoms with Crippen molar-refractivity contribution >= 4 is 17.7 Å². The predicted molar refractivity (Wildman–Crippen MR) is 84.8 cm³/mol. The average molecular weight is 296 g/mol. The summed E-state index contributed by atoms with van der Waals surface area (Å²) in [7, 11) is 0. The van der Waals surface area contributed by atoms with Gasteiger partial charge in [-0.25, -0.2) is 0 Å². The second-order valence-corrected chi connectivity index (χ2v) is 5.84. The highest BCUT2D eigenvalue weighted by Crippen LogP contribution is 2.04. The molecule has 1 atom stereocenters. The van der Waals surface area contributed by atoms with E-state index in [0.717, 1.165) is 24.3 Å². The Labute approximate surface area is 125 Å². The van der Waals surface area contributed by atoms with Gasteiger partial charge in [0.2, 0.25) is 5.91 Å². The van der Waals surface area contributed by atoms with Crippen molar-refractivity contribution in [1.29, 1.82) is 0 Å². The fraction of sp³-hybridized carbons (Fsp3) is 0.533. The number of aryl methyl sites for hydroxylation is 1. The van der Waals surface area contributed by atoms with Crippen LogP contribution in [0.2, 0.25) is 0 Å². The van der Waals surface area contributed by atoms with E-state index in [0.29, 0.717) is 13.0 Å². The largest absolute Gasteiger partial charge is 0.396 e. The third-order valence-corrected chi connectivity index (χ3v) is 3.99. The Morgan fingerprint density at radius 3 is 2.75 bits per heavy atom. The second-order valence-electron chi connectivity index (χ2n) is 4.61. The quantitative estimate of drug-likeness (QED) is 0.567. The number of hydrogen-bond acceptors (Lipinski definition) is 4. The third-order valence-electron chi connectivity index (χ3n) is 2.92. The van der Waals surface area contributed by atoms with Gasteiger partial charge in [0.05, 0.1) is 6.04 Å². The zero-order chi connectivity index (χ0) is 14.6. The fourth-order valence-corrected chi connectivity index (χ4v) is 2.53. The van der Waals surface area contributed by atoms with Gasteiger partial charge in [-0.3, -0.25) is 4.79 Å². The minimum atomic E-state index is -0.447. The van der Waals surface area contributed by atoms with Gasteiger partial charge in [-0.1, -0.05) is 30.3 Å². The number of benzene rings is 1. The summed E-state index contributed by atoms with van der Waals surface area (Å²) in [5, 5.41) is 11.5. The Morgan fingerprint density at radius 2 is 2.05 bits per heavy atom. The van der Waals surface area contributed by atoms with Gasteiger partial charge < -0.3 is 16.2 Å². The summed E-state index contributed by atoms with van der Waals surface area (Å²) in [6, 6.07) is 9.60. The molecule has 1 rings (SSSR count). The van der Waals surface area contributed by atoms with Crippen LogP contribution in [0.4, 0.5) is 0 Å². The van der Waals surface area contributed by atoms with Gasteiger partial charge in [-0.15, -0.1) is 0 Å². The van der Waals surface area contributed by atoms with Crippen LogP contribution < -0.4 is 11.1 Å². The van der Waals surface area contributed by atoms with Crippen LogP contribution >= 0.6 is 11.8 Å². The number of amides is 1. The van der Waals surface area contributed by atoms with Gasteiger partial charge in [-0.2, -0.15) is 11.8 Å². The first kappa shape index (κ1) is 17.0. The molecule has 0 aromatic heterocycles. The van der Waals surface area contributed by atoms with E-state index in [2.05, 4.69) is 5.32 Å². The SMILES string of the molecule is NC(CCc1ccccc1)C(=O)NCCSCCCO. The molecule has 0 heterocycles. The number of aliphatic hydroxyl groups excluding tert-OH is 1. The highest BCUT2D eigenvalue weighted by atomic mass is 32.2. The summed E-state index contributed by atoms with van der Waals surface area (Å²) >= 11 is 1.73. The van der Waals surface area contributed by atoms with Crippen molar-refractivity contribution in [2.24, 2.45) is 5.73 Å². The number of carbonyl (C=O) groups is 1. The van der Waals surface area contributed by atoms with Gasteiger partial charge >= 0.3 is 0 Å². The maximum Gasteiger partial charge on any atom is 0.236 e. The molecule has 4 nitrogen and oxygen atoms in total. The molecule has 0 fully saturated rings. The zero-order valence-electron chi connectivity index (χ0n) is 11.8. The number of nitrogens with two attached hydrogens (primary N) is 1. The Balaban J connectivity index is 2.10. The minimum Gasteiger partial charge on any atom is -0.396 e. The average Bonchev–Trinajstić information content (AvgIpc) is 2.49. The van der Waals surface area contributed by atoms with Crippen LogP contribution in [0.3, 0.4) is 0 Å². The molecule has 1 unspecified atom stereocenters. The molecule has 20 heavy (non-hydrogen) atoms. The molecule has 1 aromatic carbocycles. The van der Waals surface area contributed by atoms with E-state index < -0.39 is 6.04 Å². The van der Waals surface area contributed by atoms with Crippen LogP contribution in [0.25, 0.3) is 0 Å². The van der Waals surface area contributed by atoms with Crippen LogP contribution in [0, 0.1) is 0 Å². The van der Waals surface area contributed by atoms with Crippen molar-refractivity contribution in [1.82, 2.24) is 5.32 Å². The zero-order valence-corrected chi connectivity index (χ0v) is 12.6. The van der Waals surface area contributed by atoms with Crippen molar-refractivity contribution in [2.45, 2.75) is 25.3 Å². The molecule has 0 aliphatic heterocycles. The summed E-state index contributed by atoms with van der Waals surface area (Å²) in [6.07, 6.45) is 2.28. The van der Waals surface area contributed by atoms with Gasteiger partial charge in [0.25, 0.3) is 0 Å². The van der Waals surface area contributed by atoms with Crippen LogP contribution in [-0.2, 0) is 11.2 Å². The minimum absolute atomic E-state index is 0.0799. The van der Waals surface area contributed by atoms with Crippen LogP contribution in [0.15, 0.2) is 30.3 Å². The molecule has 0 bridgehead atoms. The lowest BCUT2D eigenvalue weighted by Gasteiger charge is -2.12. The van der Waals surface area contributed by atoms with Crippen molar-refractivity contribution in [3.05, 3.63) is 35.9 Å². The molecule has 0 saturated heterocycles. The normalized spacial score (nSPS) is 12.1. The Kier molecular flexibility index (Phi) is 9.11. The van der Waals surface area contributed by atoms with E-state index >= 15 is 0 Å². The van der Waals surface area contributed by atoms with Crippen molar-refractivity contribution in [3.8, 4) is 0 Å². The van der Waals surface area contributed by atoms with Crippen LogP contribution in [-0.4, -0.2) is 41.7 Å². The molecule has 0 radical (unpaired) electrons. The van der Waals surface area contributed by atoms with Crippen molar-refractivity contribution < 1.29 is 9.90 Å². The maximum absolute atomic E-state index is 11.8. The fourth-order valence-electron chi connectivity index (χ4n) is 1.74. The first-order valence-electron chi connectivity index (χ1n) is 7.00. The number of rotatable bonds is 10. The van der Waals surface area contributed by atoms with Crippen LogP contribution in [0.5, 0.6) is 0 Å². The van der Waals surface area contributed by atoms with Crippen LogP contribution in [0.1, 0.15) is 18.4 Å². The maximum atomic E-state index is 11.8. The summed E-state index contributed by atoms with van der Waals surface area (Å²) < 4.78 is 0. The first-order valence-corrected chi connectivity index (χ1v) is 8.15. The molecular formula is C15H24N2O2S. The van der Waals surface area contributed by atoms with Crippen molar-refractivity contribution in [3.63, 3.8) is 0 Å². The molecule has 5 heteroatoms. The number of nitrogens with one attached hydrogen (secondary N) is 1. The predicted octanol–water partition coefficient (Wildman–Crippen LogP) is 1.18. The van der Waals surface area contributed by atoms with Gasteiger partial charge in [0.15, 0.2) is 0 Å². The molecule has 0 aliphatic rings. The molecule has 4 N–H and O–H groups in total. The molecule has 1 amide bonds. The number of carbonyl (C=O) groups excluding carboxylic acids is 1. The second kappa shape index (κ2) is 10.7. The number of thioether (sulfide) groups is 1. The summed E-state index contributed by atoms with van der Waals surface area (Å²) in [5.41, 5.74) is 7.08. The molecule has 1 aromatic rings. The number of aliphatic hydroxyl groups is 1. The van der Waals surface area contributed by atoms with E-state index in [-0.39, 0.29) is 12.5 Å². The Bertz CT molecular complexity index is 373. The van der Waals surface area contributed by atoms with E-state index in [1.54, 1.807) is 11.8 Å². The van der Waals surface area contributed by atoms with E-state index in [1.807, 2.05) is 30.3 Å². The topological polar surface area (TPSA) is 75.4 Å².